The summed E-state index contributed by atoms with van der Waals surface area (Å²) in [4.78, 5) is 30.8. The van der Waals surface area contributed by atoms with Gasteiger partial charge in [-0.3, -0.25) is 20.4 Å². The molecule has 0 atom stereocenters. The molecule has 0 unspecified atom stereocenters. The number of nitrogens with zero attached hydrogens (tertiary/aromatic N) is 2. The Kier molecular flexibility index (Phi) is 5.21. The Balaban J connectivity index is 1.69. The maximum Gasteiger partial charge on any atom is 0.288 e. The van der Waals surface area contributed by atoms with Crippen molar-refractivity contribution in [2.24, 2.45) is 0 Å². The quantitative estimate of drug-likeness (QED) is 0.695. The van der Waals surface area contributed by atoms with E-state index in [2.05, 4.69) is 15.8 Å². The van der Waals surface area contributed by atoms with Gasteiger partial charge in [0, 0.05) is 30.7 Å². The van der Waals surface area contributed by atoms with Gasteiger partial charge in [0.2, 0.25) is 0 Å². The lowest BCUT2D eigenvalue weighted by atomic mass is 10.2. The van der Waals surface area contributed by atoms with Crippen LogP contribution in [0.3, 0.4) is 0 Å². The molecule has 2 aromatic carbocycles. The number of rotatable bonds is 4. The topological polar surface area (TPSA) is 83.6 Å². The van der Waals surface area contributed by atoms with Gasteiger partial charge in [-0.25, -0.2) is 4.98 Å². The van der Waals surface area contributed by atoms with Crippen molar-refractivity contribution in [1.82, 2.24) is 15.8 Å². The molecule has 1 heterocycles. The lowest BCUT2D eigenvalue weighted by molar-refractivity contribution is 0.0844. The van der Waals surface area contributed by atoms with Gasteiger partial charge in [0.25, 0.3) is 11.8 Å². The third-order valence-electron chi connectivity index (χ3n) is 4.04. The molecule has 2 N–H and O–H groups in total. The molecule has 0 saturated carbocycles. The van der Waals surface area contributed by atoms with E-state index in [0.717, 1.165) is 11.1 Å². The Labute approximate surface area is 156 Å². The largest absolute Gasteiger partial charge is 0.497 e. The molecule has 7 heteroatoms. The number of pyridine rings is 1. The molecule has 0 fully saturated rings. The van der Waals surface area contributed by atoms with E-state index in [1.807, 2.05) is 31.1 Å². The van der Waals surface area contributed by atoms with E-state index in [-0.39, 0.29) is 5.69 Å². The fourth-order valence-electron chi connectivity index (χ4n) is 2.53. The van der Waals surface area contributed by atoms with Crippen molar-refractivity contribution < 1.29 is 14.3 Å². The summed E-state index contributed by atoms with van der Waals surface area (Å²) in [6.45, 7) is 0. The van der Waals surface area contributed by atoms with Crippen LogP contribution < -0.4 is 20.5 Å². The Morgan fingerprint density at radius 3 is 2.48 bits per heavy atom. The molecule has 3 rings (SSSR count). The Bertz CT molecular complexity index is 1000. The lowest BCUT2D eigenvalue weighted by Gasteiger charge is -2.13. The minimum Gasteiger partial charge on any atom is -0.497 e. The van der Waals surface area contributed by atoms with Gasteiger partial charge in [-0.2, -0.15) is 0 Å². The first-order valence-corrected chi connectivity index (χ1v) is 8.31. The summed E-state index contributed by atoms with van der Waals surface area (Å²) in [6, 6.07) is 15.8. The molecule has 0 aliphatic heterocycles. The number of hydrazine groups is 1. The minimum atomic E-state index is -0.496. The summed E-state index contributed by atoms with van der Waals surface area (Å²) in [6.07, 6.45) is 0. The number of hydrogen-bond donors (Lipinski definition) is 2. The van der Waals surface area contributed by atoms with Gasteiger partial charge in [-0.1, -0.05) is 12.1 Å². The highest BCUT2D eigenvalue weighted by Crippen LogP contribution is 2.19. The van der Waals surface area contributed by atoms with Crippen molar-refractivity contribution in [3.05, 3.63) is 65.9 Å². The van der Waals surface area contributed by atoms with Crippen LogP contribution in [-0.2, 0) is 0 Å². The molecule has 7 nitrogen and oxygen atoms in total. The van der Waals surface area contributed by atoms with Crippen molar-refractivity contribution >= 4 is 28.4 Å². The Hall–Kier alpha value is -3.61. The number of anilines is 1. The van der Waals surface area contributed by atoms with Gasteiger partial charge in [0.15, 0.2) is 0 Å². The number of benzene rings is 2. The summed E-state index contributed by atoms with van der Waals surface area (Å²) < 4.78 is 5.17. The van der Waals surface area contributed by atoms with E-state index in [0.29, 0.717) is 16.8 Å². The number of nitrogens with one attached hydrogen (secondary N) is 2. The average molecular weight is 364 g/mol. The SMILES string of the molecule is COc1ccc2nc(C(=O)NNC(=O)c3cccc(N(C)C)c3)ccc2c1. The van der Waals surface area contributed by atoms with Crippen LogP contribution in [0.2, 0.25) is 0 Å². The van der Waals surface area contributed by atoms with Crippen molar-refractivity contribution in [2.45, 2.75) is 0 Å². The van der Waals surface area contributed by atoms with Crippen LogP contribution in [-0.4, -0.2) is 38.0 Å². The first-order valence-electron chi connectivity index (χ1n) is 8.31. The second kappa shape index (κ2) is 7.74. The van der Waals surface area contributed by atoms with Gasteiger partial charge in [0.05, 0.1) is 12.6 Å². The Morgan fingerprint density at radius 1 is 0.963 bits per heavy atom. The average Bonchev–Trinajstić information content (AvgIpc) is 2.70. The molecule has 0 saturated heterocycles. The monoisotopic (exact) mass is 364 g/mol. The number of aromatic nitrogens is 1. The first-order chi connectivity index (χ1) is 13.0. The number of carbonyl (C=O) groups is 2. The van der Waals surface area contributed by atoms with E-state index >= 15 is 0 Å². The molecule has 0 radical (unpaired) electrons. The summed E-state index contributed by atoms with van der Waals surface area (Å²) >= 11 is 0. The first kappa shape index (κ1) is 18.2. The van der Waals surface area contributed by atoms with Gasteiger partial charge in [0.1, 0.15) is 11.4 Å². The summed E-state index contributed by atoms with van der Waals surface area (Å²) in [7, 11) is 5.37. The smallest absolute Gasteiger partial charge is 0.288 e. The Morgan fingerprint density at radius 2 is 1.74 bits per heavy atom. The zero-order chi connectivity index (χ0) is 19.4. The maximum absolute atomic E-state index is 12.3. The van der Waals surface area contributed by atoms with E-state index in [4.69, 9.17) is 4.74 Å². The number of carbonyl (C=O) groups excluding carboxylic acids is 2. The zero-order valence-corrected chi connectivity index (χ0v) is 15.3. The fraction of sp³-hybridized carbons (Fsp3) is 0.150. The van der Waals surface area contributed by atoms with Gasteiger partial charge >= 0.3 is 0 Å². The predicted octanol–water partition coefficient (Wildman–Crippen LogP) is 2.38. The van der Waals surface area contributed by atoms with Crippen molar-refractivity contribution in [2.75, 3.05) is 26.1 Å². The molecule has 3 aromatic rings. The van der Waals surface area contributed by atoms with Crippen LogP contribution in [0.4, 0.5) is 5.69 Å². The van der Waals surface area contributed by atoms with Crippen LogP contribution >= 0.6 is 0 Å². The highest BCUT2D eigenvalue weighted by molar-refractivity contribution is 5.99. The van der Waals surface area contributed by atoms with Gasteiger partial charge in [-0.15, -0.1) is 0 Å². The van der Waals surface area contributed by atoms with Crippen molar-refractivity contribution in [1.29, 1.82) is 0 Å². The van der Waals surface area contributed by atoms with Crippen LogP contribution in [0.1, 0.15) is 20.8 Å². The fourth-order valence-corrected chi connectivity index (χ4v) is 2.53. The van der Waals surface area contributed by atoms with E-state index < -0.39 is 11.8 Å². The van der Waals surface area contributed by atoms with Gasteiger partial charge in [-0.05, 0) is 42.5 Å². The highest BCUT2D eigenvalue weighted by Gasteiger charge is 2.12. The molecule has 2 amide bonds. The molecular weight excluding hydrogens is 344 g/mol. The summed E-state index contributed by atoms with van der Waals surface area (Å²) in [5.74, 6) is -0.184. The second-order valence-corrected chi connectivity index (χ2v) is 6.11. The molecule has 1 aromatic heterocycles. The number of fused-ring (bicyclic) bond motifs is 1. The number of ether oxygens (including phenoxy) is 1. The summed E-state index contributed by atoms with van der Waals surface area (Å²) in [5.41, 5.74) is 7.00. The van der Waals surface area contributed by atoms with Crippen LogP contribution in [0.25, 0.3) is 10.9 Å². The second-order valence-electron chi connectivity index (χ2n) is 6.11. The third-order valence-corrected chi connectivity index (χ3v) is 4.04. The number of hydrogen-bond acceptors (Lipinski definition) is 5. The molecule has 138 valence electrons. The lowest BCUT2D eigenvalue weighted by Crippen LogP contribution is -2.42. The minimum absolute atomic E-state index is 0.204. The van der Waals surface area contributed by atoms with E-state index in [1.165, 1.54) is 0 Å². The number of methoxy groups -OCH3 is 1. The molecule has 0 spiro atoms. The molecule has 27 heavy (non-hydrogen) atoms. The third kappa shape index (κ3) is 4.14. The highest BCUT2D eigenvalue weighted by atomic mass is 16.5. The zero-order valence-electron chi connectivity index (χ0n) is 15.3. The molecule has 0 aliphatic rings. The normalized spacial score (nSPS) is 10.3. The standard InChI is InChI=1S/C20H20N4O3/c1-24(2)15-6-4-5-14(11-15)19(25)22-23-20(26)18-9-7-13-12-16(27-3)8-10-17(13)21-18/h4-12H,1-3H3,(H,22,25)(H,23,26). The maximum atomic E-state index is 12.3. The van der Waals surface area contributed by atoms with E-state index in [9.17, 15) is 9.59 Å². The molecule has 0 bridgehead atoms. The predicted molar refractivity (Wildman–Crippen MR) is 104 cm³/mol. The van der Waals surface area contributed by atoms with Gasteiger partial charge < -0.3 is 9.64 Å². The van der Waals surface area contributed by atoms with Crippen molar-refractivity contribution in [3.63, 3.8) is 0 Å². The van der Waals surface area contributed by atoms with Crippen molar-refractivity contribution in [3.8, 4) is 5.75 Å². The molecular formula is C20H20N4O3. The number of amides is 2. The summed E-state index contributed by atoms with van der Waals surface area (Å²) in [5, 5.41) is 0.857. The van der Waals surface area contributed by atoms with E-state index in [1.54, 1.807) is 49.6 Å². The molecule has 0 aliphatic carbocycles. The van der Waals surface area contributed by atoms with Crippen LogP contribution in [0.15, 0.2) is 54.6 Å². The van der Waals surface area contributed by atoms with Crippen LogP contribution in [0, 0.1) is 0 Å². The van der Waals surface area contributed by atoms with Crippen LogP contribution in [0.5, 0.6) is 5.75 Å².